The number of carbonyl (C=O) groups excluding carboxylic acids is 1. The molecule has 0 unspecified atom stereocenters. The lowest BCUT2D eigenvalue weighted by molar-refractivity contribution is 0.0696. The van der Waals surface area contributed by atoms with E-state index in [1.165, 1.54) is 18.2 Å². The van der Waals surface area contributed by atoms with Crippen molar-refractivity contribution in [3.63, 3.8) is 0 Å². The highest BCUT2D eigenvalue weighted by Crippen LogP contribution is 2.32. The normalized spacial score (nSPS) is 16.1. The first-order chi connectivity index (χ1) is 10.6. The molecule has 1 atom stereocenters. The molecule has 1 aliphatic rings. The first kappa shape index (κ1) is 14.3. The Balaban J connectivity index is 1.84. The van der Waals surface area contributed by atoms with Crippen molar-refractivity contribution < 1.29 is 19.1 Å². The number of benzene rings is 2. The van der Waals surface area contributed by atoms with E-state index in [2.05, 4.69) is 5.32 Å². The minimum Gasteiger partial charge on any atom is -0.478 e. The van der Waals surface area contributed by atoms with Crippen LogP contribution in [0.5, 0.6) is 0 Å². The average Bonchev–Trinajstić information content (AvgIpc) is 2.90. The number of carboxylic acids is 1. The second kappa shape index (κ2) is 5.60. The lowest BCUT2D eigenvalue weighted by Crippen LogP contribution is -2.28. The van der Waals surface area contributed by atoms with E-state index in [4.69, 9.17) is 5.11 Å². The largest absolute Gasteiger partial charge is 0.478 e. The molecule has 0 saturated carbocycles. The summed E-state index contributed by atoms with van der Waals surface area (Å²) in [5.41, 5.74) is 1.99. The van der Waals surface area contributed by atoms with Crippen LogP contribution in [0.4, 0.5) is 4.39 Å². The molecule has 0 aliphatic heterocycles. The average molecular weight is 299 g/mol. The SMILES string of the molecule is O=C(O)c1ccc2c(c1)[C@H](NC(=O)c1ccccc1F)CC2. The lowest BCUT2D eigenvalue weighted by atomic mass is 10.0. The van der Waals surface area contributed by atoms with Crippen LogP contribution in [-0.2, 0) is 6.42 Å². The van der Waals surface area contributed by atoms with Gasteiger partial charge in [-0.05, 0) is 48.2 Å². The smallest absolute Gasteiger partial charge is 0.335 e. The Morgan fingerprint density at radius 3 is 2.68 bits per heavy atom. The van der Waals surface area contributed by atoms with E-state index in [0.717, 1.165) is 17.5 Å². The molecule has 0 fully saturated rings. The van der Waals surface area contributed by atoms with Crippen molar-refractivity contribution in [2.24, 2.45) is 0 Å². The minimum absolute atomic E-state index is 0.00895. The van der Waals surface area contributed by atoms with Crippen LogP contribution in [-0.4, -0.2) is 17.0 Å². The Labute approximate surface area is 126 Å². The molecule has 4 nitrogen and oxygen atoms in total. The van der Waals surface area contributed by atoms with Crippen LogP contribution in [0, 0.1) is 5.82 Å². The predicted molar refractivity (Wildman–Crippen MR) is 78.3 cm³/mol. The highest BCUT2D eigenvalue weighted by Gasteiger charge is 2.26. The third kappa shape index (κ3) is 2.57. The summed E-state index contributed by atoms with van der Waals surface area (Å²) in [4.78, 5) is 23.2. The molecule has 0 heterocycles. The van der Waals surface area contributed by atoms with Crippen LogP contribution in [0.15, 0.2) is 42.5 Å². The van der Waals surface area contributed by atoms with E-state index in [9.17, 15) is 14.0 Å². The highest BCUT2D eigenvalue weighted by atomic mass is 19.1. The van der Waals surface area contributed by atoms with Gasteiger partial charge in [0.1, 0.15) is 5.82 Å². The summed E-state index contributed by atoms with van der Waals surface area (Å²) in [6.45, 7) is 0. The summed E-state index contributed by atoms with van der Waals surface area (Å²) in [7, 11) is 0. The van der Waals surface area contributed by atoms with Gasteiger partial charge in [-0.25, -0.2) is 9.18 Å². The Morgan fingerprint density at radius 2 is 1.95 bits per heavy atom. The van der Waals surface area contributed by atoms with Crippen LogP contribution < -0.4 is 5.32 Å². The van der Waals surface area contributed by atoms with Crippen LogP contribution in [0.1, 0.15) is 44.3 Å². The summed E-state index contributed by atoms with van der Waals surface area (Å²) < 4.78 is 13.6. The predicted octanol–water partition coefficient (Wildman–Crippen LogP) is 2.94. The zero-order valence-electron chi connectivity index (χ0n) is 11.7. The van der Waals surface area contributed by atoms with Crippen molar-refractivity contribution in [3.05, 3.63) is 70.5 Å². The van der Waals surface area contributed by atoms with Gasteiger partial charge in [0.05, 0.1) is 17.2 Å². The molecule has 1 amide bonds. The maximum atomic E-state index is 13.6. The molecular formula is C17H14FNO3. The molecule has 2 aromatic rings. The van der Waals surface area contributed by atoms with Crippen molar-refractivity contribution in [1.29, 1.82) is 0 Å². The van der Waals surface area contributed by atoms with Gasteiger partial charge in [-0.3, -0.25) is 4.79 Å². The number of halogens is 1. The molecule has 2 aromatic carbocycles. The zero-order chi connectivity index (χ0) is 15.7. The van der Waals surface area contributed by atoms with Gasteiger partial charge in [-0.2, -0.15) is 0 Å². The number of hydrogen-bond acceptors (Lipinski definition) is 2. The molecule has 2 N–H and O–H groups in total. The van der Waals surface area contributed by atoms with Crippen molar-refractivity contribution in [2.75, 3.05) is 0 Å². The number of aryl methyl sites for hydroxylation is 1. The second-order valence-electron chi connectivity index (χ2n) is 5.26. The Kier molecular flexibility index (Phi) is 3.63. The molecule has 0 aromatic heterocycles. The quantitative estimate of drug-likeness (QED) is 0.915. The maximum Gasteiger partial charge on any atom is 0.335 e. The lowest BCUT2D eigenvalue weighted by Gasteiger charge is -2.15. The van der Waals surface area contributed by atoms with E-state index < -0.39 is 17.7 Å². The van der Waals surface area contributed by atoms with Gasteiger partial charge in [-0.15, -0.1) is 0 Å². The number of fused-ring (bicyclic) bond motifs is 1. The molecule has 0 radical (unpaired) electrons. The van der Waals surface area contributed by atoms with Gasteiger partial charge in [0, 0.05) is 0 Å². The fraction of sp³-hybridized carbons (Fsp3) is 0.176. The number of amides is 1. The monoisotopic (exact) mass is 299 g/mol. The summed E-state index contributed by atoms with van der Waals surface area (Å²) >= 11 is 0. The van der Waals surface area contributed by atoms with Crippen LogP contribution in [0.2, 0.25) is 0 Å². The third-order valence-electron chi connectivity index (χ3n) is 3.89. The second-order valence-corrected chi connectivity index (χ2v) is 5.26. The summed E-state index contributed by atoms with van der Waals surface area (Å²) in [5, 5.41) is 11.8. The van der Waals surface area contributed by atoms with E-state index in [1.807, 2.05) is 0 Å². The third-order valence-corrected chi connectivity index (χ3v) is 3.89. The molecule has 112 valence electrons. The zero-order valence-corrected chi connectivity index (χ0v) is 11.7. The van der Waals surface area contributed by atoms with Gasteiger partial charge in [0.15, 0.2) is 0 Å². The summed E-state index contributed by atoms with van der Waals surface area (Å²) in [6, 6.07) is 10.4. The Hall–Kier alpha value is -2.69. The van der Waals surface area contributed by atoms with Gasteiger partial charge in [0.2, 0.25) is 0 Å². The van der Waals surface area contributed by atoms with Crippen LogP contribution >= 0.6 is 0 Å². The number of hydrogen-bond donors (Lipinski definition) is 2. The molecule has 0 bridgehead atoms. The fourth-order valence-electron chi connectivity index (χ4n) is 2.77. The fourth-order valence-corrected chi connectivity index (χ4v) is 2.77. The van der Waals surface area contributed by atoms with Gasteiger partial charge >= 0.3 is 5.97 Å². The van der Waals surface area contributed by atoms with Crippen molar-refractivity contribution in [3.8, 4) is 0 Å². The van der Waals surface area contributed by atoms with Crippen molar-refractivity contribution in [2.45, 2.75) is 18.9 Å². The highest BCUT2D eigenvalue weighted by molar-refractivity contribution is 5.95. The molecule has 0 spiro atoms. The van der Waals surface area contributed by atoms with Gasteiger partial charge in [0.25, 0.3) is 5.91 Å². The minimum atomic E-state index is -1.01. The Morgan fingerprint density at radius 1 is 1.18 bits per heavy atom. The Bertz CT molecular complexity index is 757. The van der Waals surface area contributed by atoms with E-state index in [0.29, 0.717) is 6.42 Å². The van der Waals surface area contributed by atoms with Crippen LogP contribution in [0.25, 0.3) is 0 Å². The van der Waals surface area contributed by atoms with Gasteiger partial charge in [-0.1, -0.05) is 18.2 Å². The molecule has 0 saturated heterocycles. The first-order valence-corrected chi connectivity index (χ1v) is 6.98. The number of aromatic carboxylic acids is 1. The van der Waals surface area contributed by atoms with Gasteiger partial charge < -0.3 is 10.4 Å². The number of carbonyl (C=O) groups is 2. The van der Waals surface area contributed by atoms with Crippen molar-refractivity contribution >= 4 is 11.9 Å². The van der Waals surface area contributed by atoms with Crippen molar-refractivity contribution in [1.82, 2.24) is 5.32 Å². The number of rotatable bonds is 3. The molecular weight excluding hydrogens is 285 g/mol. The van der Waals surface area contributed by atoms with E-state index >= 15 is 0 Å². The van der Waals surface area contributed by atoms with E-state index in [1.54, 1.807) is 24.3 Å². The first-order valence-electron chi connectivity index (χ1n) is 6.98. The summed E-state index contributed by atoms with van der Waals surface area (Å²) in [5.74, 6) is -2.07. The van der Waals surface area contributed by atoms with Crippen LogP contribution in [0.3, 0.4) is 0 Å². The summed E-state index contributed by atoms with van der Waals surface area (Å²) in [6.07, 6.45) is 1.44. The van der Waals surface area contributed by atoms with E-state index in [-0.39, 0.29) is 17.2 Å². The molecule has 3 rings (SSSR count). The number of carboxylic acid groups (broad SMARTS) is 1. The maximum absolute atomic E-state index is 13.6. The molecule has 5 heteroatoms. The molecule has 22 heavy (non-hydrogen) atoms. The molecule has 1 aliphatic carbocycles. The number of nitrogens with one attached hydrogen (secondary N) is 1. The standard InChI is InChI=1S/C17H14FNO3/c18-14-4-2-1-3-12(14)16(20)19-15-8-7-10-5-6-11(17(21)22)9-13(10)15/h1-6,9,15H,7-8H2,(H,19,20)(H,21,22)/t15-/m1/s1. The topological polar surface area (TPSA) is 66.4 Å².